The molecule has 0 fully saturated rings. The SMILES string of the molecule is N#CCCC[Si](CO)CO. The van der Waals surface area contributed by atoms with Crippen molar-refractivity contribution in [2.24, 2.45) is 0 Å². The number of rotatable bonds is 5. The second-order valence-corrected chi connectivity index (χ2v) is 4.71. The molecule has 0 heterocycles. The summed E-state index contributed by atoms with van der Waals surface area (Å²) in [6, 6.07) is 2.86. The topological polar surface area (TPSA) is 64.2 Å². The summed E-state index contributed by atoms with van der Waals surface area (Å²) < 4.78 is 0. The summed E-state index contributed by atoms with van der Waals surface area (Å²) in [5.74, 6) is 0. The Balaban J connectivity index is 3.19. The Hall–Kier alpha value is -0.373. The summed E-state index contributed by atoms with van der Waals surface area (Å²) >= 11 is 0. The van der Waals surface area contributed by atoms with Crippen LogP contribution in [0.4, 0.5) is 0 Å². The van der Waals surface area contributed by atoms with Gasteiger partial charge in [-0.05, 0) is 6.42 Å². The van der Waals surface area contributed by atoms with E-state index in [1.807, 2.05) is 6.07 Å². The predicted octanol–water partition coefficient (Wildman–Crippen LogP) is -0.152. The van der Waals surface area contributed by atoms with Gasteiger partial charge in [0.1, 0.15) is 8.80 Å². The lowest BCUT2D eigenvalue weighted by molar-refractivity contribution is 0.328. The number of aliphatic hydroxyl groups excluding tert-OH is 2. The van der Waals surface area contributed by atoms with E-state index in [0.29, 0.717) is 6.42 Å². The highest BCUT2D eigenvalue weighted by Crippen LogP contribution is 1.99. The second kappa shape index (κ2) is 6.74. The minimum atomic E-state index is -0.936. The molecule has 2 N–H and O–H groups in total. The Bertz CT molecular complexity index is 109. The number of hydrogen-bond donors (Lipinski definition) is 2. The van der Waals surface area contributed by atoms with Crippen molar-refractivity contribution >= 4 is 8.80 Å². The highest BCUT2D eigenvalue weighted by molar-refractivity contribution is 6.58. The van der Waals surface area contributed by atoms with Crippen molar-refractivity contribution in [3.63, 3.8) is 0 Å². The first-order valence-corrected chi connectivity index (χ1v) is 5.39. The van der Waals surface area contributed by atoms with Gasteiger partial charge in [-0.1, -0.05) is 6.04 Å². The van der Waals surface area contributed by atoms with Gasteiger partial charge in [0, 0.05) is 18.9 Å². The average Bonchev–Trinajstić information content (AvgIpc) is 1.99. The van der Waals surface area contributed by atoms with E-state index in [-0.39, 0.29) is 12.5 Å². The molecule has 0 saturated carbocycles. The summed E-state index contributed by atoms with van der Waals surface area (Å²) in [4.78, 5) is 0. The van der Waals surface area contributed by atoms with Gasteiger partial charge >= 0.3 is 0 Å². The zero-order valence-corrected chi connectivity index (χ0v) is 6.88. The lowest BCUT2D eigenvalue weighted by atomic mass is 10.4. The molecule has 57 valence electrons. The molecule has 0 aromatic rings. The van der Waals surface area contributed by atoms with E-state index in [4.69, 9.17) is 15.5 Å². The molecule has 3 nitrogen and oxygen atoms in total. The second-order valence-electron chi connectivity index (χ2n) is 2.08. The minimum Gasteiger partial charge on any atom is -0.400 e. The molecule has 0 saturated heterocycles. The molecule has 10 heavy (non-hydrogen) atoms. The molecule has 0 rings (SSSR count). The van der Waals surface area contributed by atoms with Gasteiger partial charge in [0.05, 0.1) is 6.07 Å². The number of nitriles is 1. The van der Waals surface area contributed by atoms with Gasteiger partial charge in [0.25, 0.3) is 0 Å². The molecule has 0 atom stereocenters. The molecule has 1 radical (unpaired) electrons. The zero-order valence-electron chi connectivity index (χ0n) is 5.88. The Kier molecular flexibility index (Phi) is 6.49. The van der Waals surface area contributed by atoms with Crippen molar-refractivity contribution in [2.45, 2.75) is 18.9 Å². The van der Waals surface area contributed by atoms with E-state index >= 15 is 0 Å². The van der Waals surface area contributed by atoms with E-state index in [0.717, 1.165) is 12.5 Å². The summed E-state index contributed by atoms with van der Waals surface area (Å²) in [6.45, 7) is 0. The van der Waals surface area contributed by atoms with Crippen LogP contribution in [0.15, 0.2) is 0 Å². The first kappa shape index (κ1) is 9.63. The van der Waals surface area contributed by atoms with Crippen molar-refractivity contribution < 1.29 is 10.2 Å². The van der Waals surface area contributed by atoms with Crippen LogP contribution in [0.25, 0.3) is 0 Å². The molecule has 0 amide bonds. The number of unbranched alkanes of at least 4 members (excludes halogenated alkanes) is 1. The number of nitrogens with zero attached hydrogens (tertiary/aromatic N) is 1. The van der Waals surface area contributed by atoms with E-state index in [1.165, 1.54) is 0 Å². The largest absolute Gasteiger partial charge is 0.400 e. The molecular weight excluding hydrogens is 146 g/mol. The summed E-state index contributed by atoms with van der Waals surface area (Å²) in [5.41, 5.74) is 0. The van der Waals surface area contributed by atoms with E-state index in [1.54, 1.807) is 0 Å². The maximum absolute atomic E-state index is 8.63. The summed E-state index contributed by atoms with van der Waals surface area (Å²) in [6.07, 6.45) is 1.58. The van der Waals surface area contributed by atoms with Gasteiger partial charge in [0.15, 0.2) is 0 Å². The van der Waals surface area contributed by atoms with Gasteiger partial charge in [0.2, 0.25) is 0 Å². The van der Waals surface area contributed by atoms with Gasteiger partial charge in [-0.15, -0.1) is 0 Å². The Morgan fingerprint density at radius 2 is 1.90 bits per heavy atom. The van der Waals surface area contributed by atoms with Crippen LogP contribution in [0.5, 0.6) is 0 Å². The van der Waals surface area contributed by atoms with Crippen molar-refractivity contribution in [3.05, 3.63) is 0 Å². The smallest absolute Gasteiger partial charge is 0.111 e. The summed E-state index contributed by atoms with van der Waals surface area (Å²) in [5, 5.41) is 25.4. The van der Waals surface area contributed by atoms with E-state index in [9.17, 15) is 0 Å². The molecule has 0 aromatic heterocycles. The lowest BCUT2D eigenvalue weighted by Crippen LogP contribution is -2.23. The van der Waals surface area contributed by atoms with Crippen molar-refractivity contribution in [2.75, 3.05) is 12.5 Å². The standard InChI is InChI=1S/C6H12NO2Si/c7-3-1-2-4-10(5-8)6-9/h8-9H,1-2,4-6H2. The molecular formula is C6H12NO2Si. The van der Waals surface area contributed by atoms with Crippen LogP contribution in [0.3, 0.4) is 0 Å². The first-order chi connectivity index (χ1) is 4.85. The predicted molar refractivity (Wildman–Crippen MR) is 39.6 cm³/mol. The fourth-order valence-electron chi connectivity index (χ4n) is 0.626. The van der Waals surface area contributed by atoms with E-state index in [2.05, 4.69) is 0 Å². The Labute approximate surface area is 62.5 Å². The van der Waals surface area contributed by atoms with Gasteiger partial charge in [-0.25, -0.2) is 0 Å². The molecule has 0 unspecified atom stereocenters. The van der Waals surface area contributed by atoms with Crippen LogP contribution in [0.1, 0.15) is 12.8 Å². The van der Waals surface area contributed by atoms with Crippen molar-refractivity contribution in [1.29, 1.82) is 5.26 Å². The first-order valence-electron chi connectivity index (χ1n) is 3.27. The molecule has 0 aromatic carbocycles. The quantitative estimate of drug-likeness (QED) is 0.432. The third kappa shape index (κ3) is 4.50. The van der Waals surface area contributed by atoms with Gasteiger partial charge in [-0.2, -0.15) is 5.26 Å². The molecule has 0 aliphatic rings. The Morgan fingerprint density at radius 3 is 2.30 bits per heavy atom. The van der Waals surface area contributed by atoms with Crippen molar-refractivity contribution in [3.8, 4) is 6.07 Å². The fraction of sp³-hybridized carbons (Fsp3) is 0.833. The lowest BCUT2D eigenvalue weighted by Gasteiger charge is -2.04. The normalized spacial score (nSPS) is 9.80. The van der Waals surface area contributed by atoms with Crippen LogP contribution in [0.2, 0.25) is 6.04 Å². The molecule has 0 spiro atoms. The van der Waals surface area contributed by atoms with Gasteiger partial charge < -0.3 is 10.2 Å². The highest BCUT2D eigenvalue weighted by Gasteiger charge is 2.06. The maximum atomic E-state index is 8.63. The van der Waals surface area contributed by atoms with Crippen LogP contribution in [-0.2, 0) is 0 Å². The van der Waals surface area contributed by atoms with Gasteiger partial charge in [-0.3, -0.25) is 0 Å². The van der Waals surface area contributed by atoms with Crippen LogP contribution < -0.4 is 0 Å². The third-order valence-corrected chi connectivity index (χ3v) is 3.22. The molecule has 4 heteroatoms. The van der Waals surface area contributed by atoms with E-state index < -0.39 is 8.80 Å². The zero-order chi connectivity index (χ0) is 7.82. The summed E-state index contributed by atoms with van der Waals surface area (Å²) in [7, 11) is -0.936. The Morgan fingerprint density at radius 1 is 1.30 bits per heavy atom. The maximum Gasteiger partial charge on any atom is 0.111 e. The molecule has 0 aliphatic heterocycles. The monoisotopic (exact) mass is 158 g/mol. The molecule has 0 bridgehead atoms. The van der Waals surface area contributed by atoms with Crippen molar-refractivity contribution in [1.82, 2.24) is 0 Å². The van der Waals surface area contributed by atoms with Crippen LogP contribution in [-0.4, -0.2) is 31.5 Å². The molecule has 0 aliphatic carbocycles. The highest BCUT2D eigenvalue weighted by atomic mass is 28.3. The third-order valence-electron chi connectivity index (χ3n) is 1.27. The fourth-order valence-corrected chi connectivity index (χ4v) is 1.72. The number of hydrogen-bond acceptors (Lipinski definition) is 3. The van der Waals surface area contributed by atoms with Crippen LogP contribution >= 0.6 is 0 Å². The average molecular weight is 158 g/mol. The minimum absolute atomic E-state index is 0.118. The number of aliphatic hydroxyl groups is 2. The van der Waals surface area contributed by atoms with Crippen LogP contribution in [0, 0.1) is 11.3 Å².